The maximum absolute atomic E-state index is 13.4. The Morgan fingerprint density at radius 2 is 0.962 bits per heavy atom. The van der Waals surface area contributed by atoms with Crippen molar-refractivity contribution in [1.29, 1.82) is 0 Å². The topological polar surface area (TPSA) is 136 Å². The number of nitrogens with zero attached hydrogens (tertiary/aromatic N) is 3. The second kappa shape index (κ2) is 26.4. The largest absolute Gasteiger partial charge is 0.573 e. The van der Waals surface area contributed by atoms with Crippen LogP contribution in [-0.4, -0.2) is 63.1 Å². The molecule has 0 bridgehead atoms. The van der Waals surface area contributed by atoms with Crippen LogP contribution < -0.4 is 24.8 Å². The van der Waals surface area contributed by atoms with Gasteiger partial charge in [-0.25, -0.2) is 5.90 Å². The molecule has 2 atom stereocenters. The zero-order chi connectivity index (χ0) is 56.1. The Balaban J connectivity index is 0.000000199. The van der Waals surface area contributed by atoms with Gasteiger partial charge in [0.15, 0.2) is 5.78 Å². The molecule has 10 rings (SSSR count). The second-order valence-electron chi connectivity index (χ2n) is 19.8. The molecule has 2 saturated carbocycles. The predicted molar refractivity (Wildman–Crippen MR) is 293 cm³/mol. The van der Waals surface area contributed by atoms with Crippen molar-refractivity contribution < 1.29 is 59.8 Å². The molecule has 6 aromatic carbocycles. The van der Waals surface area contributed by atoms with Crippen molar-refractivity contribution in [2.24, 2.45) is 32.9 Å². The van der Waals surface area contributed by atoms with Gasteiger partial charge in [-0.3, -0.25) is 14.8 Å². The van der Waals surface area contributed by atoms with E-state index in [4.69, 9.17) is 24.3 Å². The van der Waals surface area contributed by atoms with Crippen molar-refractivity contribution in [2.75, 3.05) is 27.4 Å². The molecule has 0 amide bonds. The van der Waals surface area contributed by atoms with Crippen LogP contribution in [0.3, 0.4) is 0 Å². The zero-order valence-electron chi connectivity index (χ0n) is 44.5. The molecule has 2 unspecified atom stereocenters. The summed E-state index contributed by atoms with van der Waals surface area (Å²) in [6.07, 6.45) is -1.05. The number of Topliss-reactive ketones (excluding diaryl/α,β-unsaturated/α-hetero) is 1. The lowest BCUT2D eigenvalue weighted by molar-refractivity contribution is -0.276. The number of ether oxygens (including phenoxy) is 4. The van der Waals surface area contributed by atoms with Gasteiger partial charge in [0, 0.05) is 34.4 Å². The number of aliphatic imine (C=N–C) groups is 2. The number of halogens is 6. The van der Waals surface area contributed by atoms with E-state index in [9.17, 15) is 31.1 Å². The Morgan fingerprint density at radius 1 is 0.557 bits per heavy atom. The Kier molecular flexibility index (Phi) is 19.3. The molecular weight excluding hydrogens is 1030 g/mol. The molecule has 4 aliphatic rings. The van der Waals surface area contributed by atoms with Gasteiger partial charge in [0.2, 0.25) is 0 Å². The molecule has 2 heterocycles. The maximum atomic E-state index is 13.4. The number of rotatable bonds is 17. The lowest BCUT2D eigenvalue weighted by atomic mass is 9.91. The van der Waals surface area contributed by atoms with Gasteiger partial charge in [0.05, 0.1) is 24.9 Å². The van der Waals surface area contributed by atoms with E-state index in [1.165, 1.54) is 26.4 Å². The van der Waals surface area contributed by atoms with Crippen molar-refractivity contribution in [1.82, 2.24) is 0 Å². The summed E-state index contributed by atoms with van der Waals surface area (Å²) in [6, 6.07) is 39.1. The minimum Gasteiger partial charge on any atom is -0.488 e. The van der Waals surface area contributed by atoms with Gasteiger partial charge in [-0.05, 0) is 159 Å². The molecular formula is C62H64F6N4O7. The Morgan fingerprint density at radius 3 is 1.35 bits per heavy atom. The number of alkyl halides is 6. The molecule has 2 aliphatic heterocycles. The maximum Gasteiger partial charge on any atom is 0.573 e. The van der Waals surface area contributed by atoms with Crippen LogP contribution in [0.25, 0.3) is 22.3 Å². The molecule has 0 saturated heterocycles. The summed E-state index contributed by atoms with van der Waals surface area (Å²) in [5.41, 5.74) is 10.5. The van der Waals surface area contributed by atoms with Crippen LogP contribution in [0.2, 0.25) is 0 Å². The SMILES string of the molecule is CO/N=C(\COc1ccc(-c2ccc(C3CCCC(c4ccccc4C)=N3)c(OC(F)(F)F)c2)cc1)C1CC1.CON.Cc1ccccc1C1=NC(c2ccc(-c3ccc(OCC(=O)C4CC4)cc3)cc2OC(F)(F)F)CCC1. The summed E-state index contributed by atoms with van der Waals surface area (Å²) in [7, 11) is 2.92. The average molecular weight is 1090 g/mol. The fourth-order valence-electron chi connectivity index (χ4n) is 9.69. The van der Waals surface area contributed by atoms with Gasteiger partial charge in [-0.15, -0.1) is 26.3 Å². The minimum atomic E-state index is -4.82. The highest BCUT2D eigenvalue weighted by Gasteiger charge is 2.36. The monoisotopic (exact) mass is 1090 g/mol. The van der Waals surface area contributed by atoms with E-state index in [0.29, 0.717) is 64.7 Å². The van der Waals surface area contributed by atoms with Gasteiger partial charge < -0.3 is 28.6 Å². The van der Waals surface area contributed by atoms with Crippen LogP contribution in [0.15, 0.2) is 149 Å². The first-order chi connectivity index (χ1) is 38.0. The minimum absolute atomic E-state index is 0.0364. The third-order valence-electron chi connectivity index (χ3n) is 13.9. The standard InChI is InChI=1S/C31H31F3N2O3.C30H28F3NO3.CH5NO/c1-20-6-3-4-7-25(20)27-8-5-9-28(35-27)26-17-14-23(18-30(26)39-31(32,33)34)21-12-15-24(16-13-21)38-19-29(36-37-2)22-10-11-22;1-19-5-2-3-6-24(19)26-7-4-8-27(34-26)25-16-13-22(17-29(25)37-30(31,32)33)20-11-14-23(15-12-20)36-18-28(35)21-9-10-21;1-3-2/h3-4,6-7,12-18,22,28H,5,8-11,19H2,1-2H3;2-3,5-6,11-17,21,27H,4,7-10,18H2,1H3;2H2,1H3/b36-29+;;. The highest BCUT2D eigenvalue weighted by Crippen LogP contribution is 2.42. The van der Waals surface area contributed by atoms with Gasteiger partial charge in [0.25, 0.3) is 0 Å². The Bertz CT molecular complexity index is 3110. The number of carbonyl (C=O) groups excluding carboxylic acids is 1. The van der Waals surface area contributed by atoms with Gasteiger partial charge in [0.1, 0.15) is 43.3 Å². The molecule has 2 N–H and O–H groups in total. The lowest BCUT2D eigenvalue weighted by Crippen LogP contribution is -2.19. The van der Waals surface area contributed by atoms with E-state index in [-0.39, 0.29) is 29.8 Å². The number of oxime groups is 1. The lowest BCUT2D eigenvalue weighted by Gasteiger charge is -2.24. The van der Waals surface area contributed by atoms with Gasteiger partial charge >= 0.3 is 12.7 Å². The molecule has 2 fully saturated rings. The van der Waals surface area contributed by atoms with E-state index < -0.39 is 24.8 Å². The molecule has 0 aromatic heterocycles. The van der Waals surface area contributed by atoms with Crippen molar-refractivity contribution in [2.45, 2.75) is 103 Å². The van der Waals surface area contributed by atoms with Crippen LogP contribution >= 0.6 is 0 Å². The highest BCUT2D eigenvalue weighted by molar-refractivity contribution is 6.03. The first kappa shape index (κ1) is 57.7. The number of aryl methyl sites for hydroxylation is 2. The zero-order valence-corrected chi connectivity index (χ0v) is 44.5. The molecule has 0 radical (unpaired) electrons. The quantitative estimate of drug-likeness (QED) is 0.0542. The second-order valence-corrected chi connectivity index (χ2v) is 19.8. The van der Waals surface area contributed by atoms with E-state index in [2.05, 4.69) is 25.4 Å². The summed E-state index contributed by atoms with van der Waals surface area (Å²) in [5, 5.41) is 4.05. The fraction of sp³-hybridized carbons (Fsp3) is 0.355. The Labute approximate surface area is 456 Å². The normalized spacial score (nSPS) is 17.4. The Hall–Kier alpha value is -7.50. The summed E-state index contributed by atoms with van der Waals surface area (Å²) in [5.74, 6) is 5.73. The first-order valence-corrected chi connectivity index (χ1v) is 26.4. The fourth-order valence-corrected chi connectivity index (χ4v) is 9.69. The smallest absolute Gasteiger partial charge is 0.488 e. The van der Waals surface area contributed by atoms with Crippen molar-refractivity contribution >= 4 is 22.9 Å². The number of benzene rings is 6. The average Bonchev–Trinajstić information content (AvgIpc) is 4.39. The summed E-state index contributed by atoms with van der Waals surface area (Å²) in [6.45, 7) is 4.40. The van der Waals surface area contributed by atoms with E-state index in [0.717, 1.165) is 96.3 Å². The van der Waals surface area contributed by atoms with E-state index >= 15 is 0 Å². The van der Waals surface area contributed by atoms with Crippen LogP contribution in [0, 0.1) is 25.7 Å². The predicted octanol–water partition coefficient (Wildman–Crippen LogP) is 15.2. The summed E-state index contributed by atoms with van der Waals surface area (Å²) < 4.78 is 101. The van der Waals surface area contributed by atoms with E-state index in [1.54, 1.807) is 54.6 Å². The number of ketones is 1. The van der Waals surface area contributed by atoms with Crippen LogP contribution in [0.5, 0.6) is 23.0 Å². The summed E-state index contributed by atoms with van der Waals surface area (Å²) >= 11 is 0. The van der Waals surface area contributed by atoms with Gasteiger partial charge in [-0.1, -0.05) is 102 Å². The van der Waals surface area contributed by atoms with Crippen LogP contribution in [-0.2, 0) is 14.5 Å². The molecule has 79 heavy (non-hydrogen) atoms. The van der Waals surface area contributed by atoms with Crippen molar-refractivity contribution in [3.8, 4) is 45.3 Å². The molecule has 6 aromatic rings. The molecule has 11 nitrogen and oxygen atoms in total. The van der Waals surface area contributed by atoms with Crippen LogP contribution in [0.1, 0.15) is 110 Å². The highest BCUT2D eigenvalue weighted by atomic mass is 19.4. The number of carbonyl (C=O) groups is 1. The number of hydrogen-bond donors (Lipinski definition) is 1. The van der Waals surface area contributed by atoms with Crippen molar-refractivity contribution in [3.05, 3.63) is 167 Å². The molecule has 17 heteroatoms. The number of nitrogens with two attached hydrogens (primary N) is 1. The summed E-state index contributed by atoms with van der Waals surface area (Å²) in [4.78, 5) is 30.3. The van der Waals surface area contributed by atoms with E-state index in [1.807, 2.05) is 80.6 Å². The first-order valence-electron chi connectivity index (χ1n) is 26.4. The van der Waals surface area contributed by atoms with Crippen molar-refractivity contribution in [3.63, 3.8) is 0 Å². The molecule has 416 valence electrons. The van der Waals surface area contributed by atoms with Crippen LogP contribution in [0.4, 0.5) is 26.3 Å². The van der Waals surface area contributed by atoms with Gasteiger partial charge in [-0.2, -0.15) is 0 Å². The molecule has 0 spiro atoms. The third kappa shape index (κ3) is 16.5. The third-order valence-corrected chi connectivity index (χ3v) is 13.9. The molecule has 2 aliphatic carbocycles. The number of hydrogen-bond acceptors (Lipinski definition) is 11.